The molecule has 0 atom stereocenters. The van der Waals surface area contributed by atoms with E-state index in [1.54, 1.807) is 41.6 Å². The van der Waals surface area contributed by atoms with Gasteiger partial charge in [0.25, 0.3) is 0 Å². The molecule has 4 rings (SSSR count). The zero-order chi connectivity index (χ0) is 18.8. The monoisotopic (exact) mass is 367 g/mol. The topological polar surface area (TPSA) is 73.0 Å². The molecule has 1 aromatic carbocycles. The van der Waals surface area contributed by atoms with Crippen LogP contribution in [0.2, 0.25) is 0 Å². The van der Waals surface area contributed by atoms with Crippen LogP contribution in [0.4, 0.5) is 4.39 Å². The number of carbonyl (C=O) groups is 1. The molecule has 8 heteroatoms. The molecule has 0 unspecified atom stereocenters. The van der Waals surface area contributed by atoms with Crippen LogP contribution in [0.15, 0.2) is 53.6 Å². The van der Waals surface area contributed by atoms with Crippen molar-refractivity contribution in [3.05, 3.63) is 65.1 Å². The average Bonchev–Trinajstić information content (AvgIpc) is 3.32. The molecule has 1 fully saturated rings. The highest BCUT2D eigenvalue weighted by Crippen LogP contribution is 2.19. The molecule has 0 radical (unpaired) electrons. The Morgan fingerprint density at radius 1 is 1.04 bits per heavy atom. The molecule has 0 bridgehead atoms. The quantitative estimate of drug-likeness (QED) is 0.706. The van der Waals surface area contributed by atoms with Gasteiger partial charge >= 0.3 is 5.69 Å². The normalized spacial score (nSPS) is 13.9. The van der Waals surface area contributed by atoms with E-state index in [0.717, 1.165) is 12.8 Å². The van der Waals surface area contributed by atoms with Gasteiger partial charge < -0.3 is 4.90 Å². The molecule has 138 valence electrons. The van der Waals surface area contributed by atoms with Crippen LogP contribution in [0, 0.1) is 5.82 Å². The number of pyridine rings is 1. The predicted molar refractivity (Wildman–Crippen MR) is 96.8 cm³/mol. The minimum Gasteiger partial charge on any atom is -0.341 e. The van der Waals surface area contributed by atoms with E-state index in [2.05, 4.69) is 10.1 Å². The number of likely N-dealkylation sites (tertiary alicyclic amines) is 1. The first-order valence-corrected chi connectivity index (χ1v) is 8.77. The van der Waals surface area contributed by atoms with Gasteiger partial charge in [0.2, 0.25) is 5.91 Å². The van der Waals surface area contributed by atoms with E-state index in [0.29, 0.717) is 30.2 Å². The van der Waals surface area contributed by atoms with Crippen LogP contribution in [0.5, 0.6) is 0 Å². The van der Waals surface area contributed by atoms with Gasteiger partial charge in [-0.2, -0.15) is 0 Å². The molecular weight excluding hydrogens is 349 g/mol. The summed E-state index contributed by atoms with van der Waals surface area (Å²) in [4.78, 5) is 31.2. The van der Waals surface area contributed by atoms with Gasteiger partial charge in [-0.25, -0.2) is 18.4 Å². The number of hydrogen-bond acceptors (Lipinski definition) is 4. The number of amides is 1. The second kappa shape index (κ2) is 7.14. The number of aromatic nitrogens is 4. The largest absolute Gasteiger partial charge is 0.351 e. The Kier molecular flexibility index (Phi) is 4.53. The number of nitrogens with zero attached hydrogens (tertiary/aromatic N) is 5. The summed E-state index contributed by atoms with van der Waals surface area (Å²) in [6.45, 7) is 1.30. The van der Waals surface area contributed by atoms with Crippen molar-refractivity contribution in [2.24, 2.45) is 0 Å². The van der Waals surface area contributed by atoms with Crippen molar-refractivity contribution in [1.29, 1.82) is 0 Å². The Morgan fingerprint density at radius 3 is 2.37 bits per heavy atom. The van der Waals surface area contributed by atoms with Gasteiger partial charge in [0.1, 0.15) is 12.4 Å². The second-order valence-corrected chi connectivity index (χ2v) is 6.40. The van der Waals surface area contributed by atoms with E-state index in [4.69, 9.17) is 0 Å². The van der Waals surface area contributed by atoms with E-state index < -0.39 is 5.69 Å². The maximum Gasteiger partial charge on any atom is 0.351 e. The van der Waals surface area contributed by atoms with E-state index in [1.165, 1.54) is 21.4 Å². The fourth-order valence-corrected chi connectivity index (χ4v) is 3.22. The maximum atomic E-state index is 13.3. The molecule has 1 amide bonds. The highest BCUT2D eigenvalue weighted by Gasteiger charge is 2.22. The molecule has 0 saturated carbocycles. The molecule has 1 aliphatic heterocycles. The zero-order valence-electron chi connectivity index (χ0n) is 14.6. The number of rotatable bonds is 4. The molecule has 1 aliphatic rings. The summed E-state index contributed by atoms with van der Waals surface area (Å²) in [7, 11) is 0. The third kappa shape index (κ3) is 3.38. The highest BCUT2D eigenvalue weighted by molar-refractivity contribution is 5.76. The smallest absolute Gasteiger partial charge is 0.341 e. The van der Waals surface area contributed by atoms with E-state index >= 15 is 0 Å². The first kappa shape index (κ1) is 17.1. The lowest BCUT2D eigenvalue weighted by Crippen LogP contribution is -2.35. The molecular formula is C19H18FN5O2. The molecule has 0 aliphatic carbocycles. The third-order valence-electron chi connectivity index (χ3n) is 4.61. The molecule has 1 saturated heterocycles. The first-order chi connectivity index (χ1) is 13.1. The van der Waals surface area contributed by atoms with Crippen LogP contribution < -0.4 is 5.69 Å². The molecule has 0 N–H and O–H groups in total. The van der Waals surface area contributed by atoms with Gasteiger partial charge in [-0.1, -0.05) is 0 Å². The van der Waals surface area contributed by atoms with E-state index in [9.17, 15) is 14.0 Å². The lowest BCUT2D eigenvalue weighted by molar-refractivity contribution is -0.131. The number of halogens is 1. The van der Waals surface area contributed by atoms with Crippen molar-refractivity contribution in [1.82, 2.24) is 24.2 Å². The minimum absolute atomic E-state index is 0.120. The molecule has 3 heterocycles. The summed E-state index contributed by atoms with van der Waals surface area (Å²) >= 11 is 0. The van der Waals surface area contributed by atoms with Crippen LogP contribution in [-0.4, -0.2) is 43.2 Å². The fourth-order valence-electron chi connectivity index (χ4n) is 3.22. The summed E-state index contributed by atoms with van der Waals surface area (Å²) < 4.78 is 15.9. The van der Waals surface area contributed by atoms with Crippen molar-refractivity contribution in [3.63, 3.8) is 0 Å². The summed E-state index contributed by atoms with van der Waals surface area (Å²) in [6, 6.07) is 9.10. The second-order valence-electron chi connectivity index (χ2n) is 6.40. The molecule has 27 heavy (non-hydrogen) atoms. The minimum atomic E-state index is -0.423. The third-order valence-corrected chi connectivity index (χ3v) is 4.61. The number of benzene rings is 1. The van der Waals surface area contributed by atoms with Crippen molar-refractivity contribution < 1.29 is 9.18 Å². The Morgan fingerprint density at radius 2 is 1.70 bits per heavy atom. The Bertz CT molecular complexity index is 1000. The van der Waals surface area contributed by atoms with Crippen LogP contribution >= 0.6 is 0 Å². The Balaban J connectivity index is 1.78. The van der Waals surface area contributed by atoms with Crippen LogP contribution in [0.1, 0.15) is 12.8 Å². The standard InChI is InChI=1S/C19H18FN5O2/c20-15-5-3-14(4-6-15)18-22-24(13-17(26)23-11-1-2-12-23)19(27)25(18)16-7-9-21-10-8-16/h3-10H,1-2,11-13H2. The van der Waals surface area contributed by atoms with Crippen LogP contribution in [0.25, 0.3) is 17.1 Å². The van der Waals surface area contributed by atoms with Crippen molar-refractivity contribution in [2.75, 3.05) is 13.1 Å². The van der Waals surface area contributed by atoms with Gasteiger partial charge in [-0.05, 0) is 49.2 Å². The van der Waals surface area contributed by atoms with Crippen LogP contribution in [0.3, 0.4) is 0 Å². The highest BCUT2D eigenvalue weighted by atomic mass is 19.1. The molecule has 0 spiro atoms. The Hall–Kier alpha value is -3.29. The van der Waals surface area contributed by atoms with Crippen molar-refractivity contribution in [2.45, 2.75) is 19.4 Å². The summed E-state index contributed by atoms with van der Waals surface area (Å²) in [5.74, 6) is -0.153. The zero-order valence-corrected chi connectivity index (χ0v) is 14.6. The van der Waals surface area contributed by atoms with Gasteiger partial charge in [-0.3, -0.25) is 9.78 Å². The van der Waals surface area contributed by atoms with E-state index in [-0.39, 0.29) is 18.3 Å². The SMILES string of the molecule is O=C(Cn1nc(-c2ccc(F)cc2)n(-c2ccncc2)c1=O)N1CCCC1. The van der Waals surface area contributed by atoms with Gasteiger partial charge in [-0.15, -0.1) is 5.10 Å². The van der Waals surface area contributed by atoms with Gasteiger partial charge in [0.15, 0.2) is 5.82 Å². The summed E-state index contributed by atoms with van der Waals surface area (Å²) in [6.07, 6.45) is 5.10. The first-order valence-electron chi connectivity index (χ1n) is 8.77. The van der Waals surface area contributed by atoms with Crippen LogP contribution in [-0.2, 0) is 11.3 Å². The predicted octanol–water partition coefficient (Wildman–Crippen LogP) is 1.86. The fraction of sp³-hybridized carbons (Fsp3) is 0.263. The van der Waals surface area contributed by atoms with Crippen molar-refractivity contribution in [3.8, 4) is 17.1 Å². The number of hydrogen-bond donors (Lipinski definition) is 0. The molecule has 3 aromatic rings. The average molecular weight is 367 g/mol. The lowest BCUT2D eigenvalue weighted by Gasteiger charge is -2.14. The van der Waals surface area contributed by atoms with Gasteiger partial charge in [0.05, 0.1) is 5.69 Å². The molecule has 2 aromatic heterocycles. The van der Waals surface area contributed by atoms with Crippen molar-refractivity contribution >= 4 is 5.91 Å². The maximum absolute atomic E-state index is 13.3. The lowest BCUT2D eigenvalue weighted by atomic mass is 10.2. The van der Waals surface area contributed by atoms with E-state index in [1.807, 2.05) is 0 Å². The molecule has 7 nitrogen and oxygen atoms in total. The number of carbonyl (C=O) groups excluding carboxylic acids is 1. The summed E-state index contributed by atoms with van der Waals surface area (Å²) in [5.41, 5.74) is 0.736. The summed E-state index contributed by atoms with van der Waals surface area (Å²) in [5, 5.41) is 4.37. The van der Waals surface area contributed by atoms with Gasteiger partial charge in [0, 0.05) is 31.0 Å². The Labute approximate surface area is 154 Å².